The van der Waals surface area contributed by atoms with Crippen LogP contribution in [0.4, 0.5) is 0 Å². The summed E-state index contributed by atoms with van der Waals surface area (Å²) in [5, 5.41) is 4.45. The minimum atomic E-state index is -0.0704. The Bertz CT molecular complexity index is 1380. The molecule has 3 aromatic carbocycles. The predicted molar refractivity (Wildman–Crippen MR) is 137 cm³/mol. The maximum absolute atomic E-state index is 12.6. The zero-order valence-electron chi connectivity index (χ0n) is 19.3. The SMILES string of the molecule is COc1cc(C=O)cc(-c2ccc3nc(-c4cccc(Cl)c4)c(CC(=O)NC(C)C)cc3c2)c1. The molecule has 0 fully saturated rings. The molecule has 1 aromatic heterocycles. The Morgan fingerprint density at radius 1 is 1.03 bits per heavy atom. The highest BCUT2D eigenvalue weighted by molar-refractivity contribution is 6.30. The van der Waals surface area contributed by atoms with E-state index in [1.54, 1.807) is 13.2 Å². The maximum Gasteiger partial charge on any atom is 0.224 e. The topological polar surface area (TPSA) is 68.3 Å². The molecule has 5 nitrogen and oxygen atoms in total. The highest BCUT2D eigenvalue weighted by atomic mass is 35.5. The van der Waals surface area contributed by atoms with Crippen LogP contribution < -0.4 is 10.1 Å². The van der Waals surface area contributed by atoms with Gasteiger partial charge in [-0.2, -0.15) is 0 Å². The molecule has 0 aliphatic rings. The number of hydrogen-bond acceptors (Lipinski definition) is 4. The Labute approximate surface area is 203 Å². The second-order valence-corrected chi connectivity index (χ2v) is 8.86. The number of halogens is 1. The summed E-state index contributed by atoms with van der Waals surface area (Å²) in [6, 6.07) is 20.8. The number of fused-ring (bicyclic) bond motifs is 1. The van der Waals surface area contributed by atoms with E-state index in [0.717, 1.165) is 45.1 Å². The van der Waals surface area contributed by atoms with Crippen molar-refractivity contribution in [2.75, 3.05) is 7.11 Å². The lowest BCUT2D eigenvalue weighted by atomic mass is 9.97. The van der Waals surface area contributed by atoms with Gasteiger partial charge in [-0.15, -0.1) is 0 Å². The first-order valence-corrected chi connectivity index (χ1v) is 11.4. The van der Waals surface area contributed by atoms with Gasteiger partial charge < -0.3 is 10.1 Å². The minimum Gasteiger partial charge on any atom is -0.497 e. The number of pyridine rings is 1. The van der Waals surface area contributed by atoms with Crippen LogP contribution in [0.25, 0.3) is 33.3 Å². The first-order chi connectivity index (χ1) is 16.4. The Morgan fingerprint density at radius 2 is 1.85 bits per heavy atom. The van der Waals surface area contributed by atoms with Crippen LogP contribution in [0.5, 0.6) is 5.75 Å². The normalized spacial score (nSPS) is 11.0. The van der Waals surface area contributed by atoms with E-state index in [0.29, 0.717) is 16.3 Å². The second kappa shape index (κ2) is 10.1. The van der Waals surface area contributed by atoms with E-state index in [1.165, 1.54) is 0 Å². The average Bonchev–Trinajstić information content (AvgIpc) is 2.82. The Hall–Kier alpha value is -3.70. The van der Waals surface area contributed by atoms with Crippen molar-refractivity contribution in [1.82, 2.24) is 10.3 Å². The molecular formula is C28H25ClN2O3. The zero-order chi connectivity index (χ0) is 24.2. The molecule has 0 aliphatic heterocycles. The highest BCUT2D eigenvalue weighted by Gasteiger charge is 2.15. The number of carbonyl (C=O) groups excluding carboxylic acids is 2. The van der Waals surface area contributed by atoms with E-state index in [2.05, 4.69) is 5.32 Å². The quantitative estimate of drug-likeness (QED) is 0.329. The monoisotopic (exact) mass is 472 g/mol. The number of aromatic nitrogens is 1. The van der Waals surface area contributed by atoms with Crippen molar-refractivity contribution in [3.05, 3.63) is 82.9 Å². The number of carbonyl (C=O) groups is 2. The summed E-state index contributed by atoms with van der Waals surface area (Å²) in [7, 11) is 1.57. The third-order valence-electron chi connectivity index (χ3n) is 5.43. The van der Waals surface area contributed by atoms with E-state index in [1.807, 2.05) is 74.5 Å². The molecule has 0 atom stereocenters. The number of benzene rings is 3. The fourth-order valence-corrected chi connectivity index (χ4v) is 4.13. The van der Waals surface area contributed by atoms with E-state index >= 15 is 0 Å². The Balaban J connectivity index is 1.85. The summed E-state index contributed by atoms with van der Waals surface area (Å²) in [6.07, 6.45) is 0.999. The van der Waals surface area contributed by atoms with Crippen molar-refractivity contribution in [2.45, 2.75) is 26.3 Å². The van der Waals surface area contributed by atoms with E-state index in [4.69, 9.17) is 21.3 Å². The lowest BCUT2D eigenvalue weighted by molar-refractivity contribution is -0.120. The number of amides is 1. The van der Waals surface area contributed by atoms with Crippen LogP contribution >= 0.6 is 11.6 Å². The summed E-state index contributed by atoms with van der Waals surface area (Å²) in [4.78, 5) is 28.9. The summed E-state index contributed by atoms with van der Waals surface area (Å²) >= 11 is 6.24. The lowest BCUT2D eigenvalue weighted by Gasteiger charge is -2.14. The number of methoxy groups -OCH3 is 1. The Kier molecular flexibility index (Phi) is 6.94. The molecule has 1 N–H and O–H groups in total. The molecule has 0 saturated heterocycles. The molecular weight excluding hydrogens is 448 g/mol. The molecule has 0 aliphatic carbocycles. The van der Waals surface area contributed by atoms with Crippen molar-refractivity contribution in [2.24, 2.45) is 0 Å². The van der Waals surface area contributed by atoms with E-state index in [-0.39, 0.29) is 18.4 Å². The van der Waals surface area contributed by atoms with Gasteiger partial charge in [0.05, 0.1) is 24.7 Å². The standard InChI is InChI=1S/C28H25ClN2O3/c1-17(2)30-27(33)15-23-12-22-11-19(21-9-18(16-32)10-25(14-21)34-3)7-8-26(22)31-28(23)20-5-4-6-24(29)13-20/h4-14,16-17H,15H2,1-3H3,(H,30,33). The van der Waals surface area contributed by atoms with Crippen LogP contribution in [0.15, 0.2) is 66.7 Å². The van der Waals surface area contributed by atoms with Crippen LogP contribution in [0, 0.1) is 0 Å². The third-order valence-corrected chi connectivity index (χ3v) is 5.66. The average molecular weight is 473 g/mol. The summed E-state index contributed by atoms with van der Waals surface area (Å²) < 4.78 is 5.35. The van der Waals surface area contributed by atoms with Crippen molar-refractivity contribution in [3.63, 3.8) is 0 Å². The fraction of sp³-hybridized carbons (Fsp3) is 0.179. The summed E-state index contributed by atoms with van der Waals surface area (Å²) in [5.74, 6) is 0.541. The van der Waals surface area contributed by atoms with Gasteiger partial charge in [-0.25, -0.2) is 4.98 Å². The van der Waals surface area contributed by atoms with Gasteiger partial charge in [0.25, 0.3) is 0 Å². The van der Waals surface area contributed by atoms with Crippen molar-refractivity contribution in [3.8, 4) is 28.1 Å². The number of aldehydes is 1. The molecule has 34 heavy (non-hydrogen) atoms. The largest absolute Gasteiger partial charge is 0.497 e. The van der Waals surface area contributed by atoms with E-state index < -0.39 is 0 Å². The zero-order valence-corrected chi connectivity index (χ0v) is 20.0. The van der Waals surface area contributed by atoms with Crippen LogP contribution in [-0.4, -0.2) is 30.3 Å². The second-order valence-electron chi connectivity index (χ2n) is 8.43. The maximum atomic E-state index is 12.6. The van der Waals surface area contributed by atoms with Crippen LogP contribution in [0.1, 0.15) is 29.8 Å². The van der Waals surface area contributed by atoms with Crippen molar-refractivity contribution < 1.29 is 14.3 Å². The number of nitrogens with one attached hydrogen (secondary N) is 1. The highest BCUT2D eigenvalue weighted by Crippen LogP contribution is 2.32. The van der Waals surface area contributed by atoms with Crippen LogP contribution in [-0.2, 0) is 11.2 Å². The van der Waals surface area contributed by atoms with Crippen molar-refractivity contribution >= 4 is 34.7 Å². The van der Waals surface area contributed by atoms with Crippen LogP contribution in [0.3, 0.4) is 0 Å². The molecule has 4 aromatic rings. The summed E-state index contributed by atoms with van der Waals surface area (Å²) in [6.45, 7) is 3.87. The van der Waals surface area contributed by atoms with Crippen molar-refractivity contribution in [1.29, 1.82) is 0 Å². The molecule has 4 rings (SSSR count). The van der Waals surface area contributed by atoms with Gasteiger partial charge in [-0.1, -0.05) is 29.8 Å². The van der Waals surface area contributed by atoms with Gasteiger partial charge in [0, 0.05) is 27.6 Å². The van der Waals surface area contributed by atoms with Gasteiger partial charge in [-0.3, -0.25) is 9.59 Å². The van der Waals surface area contributed by atoms with Gasteiger partial charge in [0.2, 0.25) is 5.91 Å². The number of ether oxygens (including phenoxy) is 1. The first-order valence-electron chi connectivity index (χ1n) is 11.0. The first kappa shape index (κ1) is 23.5. The summed E-state index contributed by atoms with van der Waals surface area (Å²) in [5.41, 5.74) is 5.51. The molecule has 1 heterocycles. The Morgan fingerprint density at radius 3 is 2.56 bits per heavy atom. The number of nitrogens with zero attached hydrogens (tertiary/aromatic N) is 1. The molecule has 0 saturated carbocycles. The van der Waals surface area contributed by atoms with E-state index in [9.17, 15) is 9.59 Å². The molecule has 0 radical (unpaired) electrons. The fourth-order valence-electron chi connectivity index (χ4n) is 3.94. The lowest BCUT2D eigenvalue weighted by Crippen LogP contribution is -2.31. The smallest absolute Gasteiger partial charge is 0.224 e. The molecule has 0 bridgehead atoms. The predicted octanol–water partition coefficient (Wildman–Crippen LogP) is 6.11. The number of hydrogen-bond donors (Lipinski definition) is 1. The molecule has 0 unspecified atom stereocenters. The molecule has 0 spiro atoms. The third kappa shape index (κ3) is 5.26. The van der Waals surface area contributed by atoms with Gasteiger partial charge in [0.1, 0.15) is 12.0 Å². The van der Waals surface area contributed by atoms with Gasteiger partial charge in [0.15, 0.2) is 0 Å². The molecule has 172 valence electrons. The minimum absolute atomic E-state index is 0.0437. The van der Waals surface area contributed by atoms with Crippen LogP contribution in [0.2, 0.25) is 5.02 Å². The molecule has 1 amide bonds. The van der Waals surface area contributed by atoms with Gasteiger partial charge >= 0.3 is 0 Å². The molecule has 6 heteroatoms. The number of rotatable bonds is 7. The van der Waals surface area contributed by atoms with Gasteiger partial charge in [-0.05, 0) is 79.1 Å².